The van der Waals surface area contributed by atoms with Crippen molar-refractivity contribution in [1.29, 1.82) is 0 Å². The lowest BCUT2D eigenvalue weighted by Gasteiger charge is -2.09. The van der Waals surface area contributed by atoms with Gasteiger partial charge in [0.25, 0.3) is 5.56 Å². The van der Waals surface area contributed by atoms with Crippen LogP contribution in [0.5, 0.6) is 0 Å². The highest BCUT2D eigenvalue weighted by Gasteiger charge is 2.06. The van der Waals surface area contributed by atoms with Gasteiger partial charge in [-0.05, 0) is 35.2 Å². The Morgan fingerprint density at radius 1 is 1.19 bits per heavy atom. The van der Waals surface area contributed by atoms with Crippen molar-refractivity contribution in [3.8, 4) is 10.4 Å². The van der Waals surface area contributed by atoms with Gasteiger partial charge in [0, 0.05) is 27.7 Å². The summed E-state index contributed by atoms with van der Waals surface area (Å²) in [6.45, 7) is 0.317. The van der Waals surface area contributed by atoms with Crippen LogP contribution >= 0.6 is 22.9 Å². The zero-order valence-corrected chi connectivity index (χ0v) is 12.5. The summed E-state index contributed by atoms with van der Waals surface area (Å²) in [7, 11) is 0. The van der Waals surface area contributed by atoms with E-state index in [9.17, 15) is 9.18 Å². The van der Waals surface area contributed by atoms with Gasteiger partial charge >= 0.3 is 0 Å². The second-order valence-electron chi connectivity index (χ2n) is 4.60. The summed E-state index contributed by atoms with van der Waals surface area (Å²) in [5.41, 5.74) is 1.57. The van der Waals surface area contributed by atoms with Crippen molar-refractivity contribution in [3.05, 3.63) is 80.8 Å². The minimum atomic E-state index is -0.386. The number of halogens is 2. The molecular weight excluding hydrogens is 309 g/mol. The first kappa shape index (κ1) is 14.0. The molecule has 106 valence electrons. The van der Waals surface area contributed by atoms with Crippen LogP contribution in [0.1, 0.15) is 5.56 Å². The van der Waals surface area contributed by atoms with Crippen molar-refractivity contribution in [3.63, 3.8) is 0 Å². The summed E-state index contributed by atoms with van der Waals surface area (Å²) in [6, 6.07) is 11.5. The topological polar surface area (TPSA) is 22.0 Å². The van der Waals surface area contributed by atoms with E-state index >= 15 is 0 Å². The normalized spacial score (nSPS) is 10.8. The van der Waals surface area contributed by atoms with Gasteiger partial charge in [-0.15, -0.1) is 11.3 Å². The Morgan fingerprint density at radius 2 is 2.05 bits per heavy atom. The number of thiophene rings is 1. The molecule has 0 fully saturated rings. The van der Waals surface area contributed by atoms with Crippen LogP contribution in [0.2, 0.25) is 5.02 Å². The van der Waals surface area contributed by atoms with E-state index in [0.717, 1.165) is 10.4 Å². The molecule has 2 nitrogen and oxygen atoms in total. The minimum Gasteiger partial charge on any atom is -0.310 e. The molecule has 0 aliphatic carbocycles. The van der Waals surface area contributed by atoms with E-state index in [4.69, 9.17) is 11.6 Å². The molecule has 0 aliphatic rings. The monoisotopic (exact) mass is 319 g/mol. The largest absolute Gasteiger partial charge is 0.310 e. The van der Waals surface area contributed by atoms with Crippen LogP contribution in [0.25, 0.3) is 10.4 Å². The molecule has 2 aromatic heterocycles. The van der Waals surface area contributed by atoms with Gasteiger partial charge in [-0.25, -0.2) is 4.39 Å². The van der Waals surface area contributed by atoms with Crippen molar-refractivity contribution in [2.45, 2.75) is 6.54 Å². The summed E-state index contributed by atoms with van der Waals surface area (Å²) in [5.74, 6) is -0.386. The minimum absolute atomic E-state index is 0.115. The highest BCUT2D eigenvalue weighted by Crippen LogP contribution is 2.24. The van der Waals surface area contributed by atoms with Gasteiger partial charge in [0.2, 0.25) is 0 Å². The van der Waals surface area contributed by atoms with Gasteiger partial charge in [-0.1, -0.05) is 23.7 Å². The number of benzene rings is 1. The lowest BCUT2D eigenvalue weighted by Crippen LogP contribution is -2.19. The molecule has 0 amide bonds. The van der Waals surface area contributed by atoms with Gasteiger partial charge in [-0.2, -0.15) is 0 Å². The van der Waals surface area contributed by atoms with Gasteiger partial charge in [0.15, 0.2) is 0 Å². The number of rotatable bonds is 3. The van der Waals surface area contributed by atoms with E-state index in [1.165, 1.54) is 18.2 Å². The fraction of sp³-hybridized carbons (Fsp3) is 0.0625. The van der Waals surface area contributed by atoms with E-state index in [-0.39, 0.29) is 11.4 Å². The molecule has 1 aromatic carbocycles. The number of pyridine rings is 1. The molecule has 0 unspecified atom stereocenters. The van der Waals surface area contributed by atoms with Crippen LogP contribution in [0.15, 0.2) is 58.8 Å². The molecule has 0 spiro atoms. The SMILES string of the molecule is O=c1ccc(-c2cccs2)cn1Cc1ccc(F)cc1Cl. The first-order valence-corrected chi connectivity index (χ1v) is 7.57. The molecule has 0 saturated heterocycles. The van der Waals surface area contributed by atoms with Crippen LogP contribution in [-0.2, 0) is 6.54 Å². The third-order valence-corrected chi connectivity index (χ3v) is 4.42. The standard InChI is InChI=1S/C16H11ClFNOS/c17-14-8-13(18)5-3-11(14)9-19-10-12(4-6-16(19)20)15-2-1-7-21-15/h1-8,10H,9H2. The summed E-state index contributed by atoms with van der Waals surface area (Å²) >= 11 is 7.63. The Bertz CT molecular complexity index is 827. The Morgan fingerprint density at radius 3 is 2.76 bits per heavy atom. The van der Waals surface area contributed by atoms with Crippen LogP contribution in [0.4, 0.5) is 4.39 Å². The lowest BCUT2D eigenvalue weighted by molar-refractivity contribution is 0.626. The Balaban J connectivity index is 1.98. The highest BCUT2D eigenvalue weighted by atomic mass is 35.5. The average Bonchev–Trinajstić information content (AvgIpc) is 2.98. The van der Waals surface area contributed by atoms with Gasteiger partial charge in [0.05, 0.1) is 6.54 Å². The van der Waals surface area contributed by atoms with E-state index in [2.05, 4.69) is 0 Å². The fourth-order valence-electron chi connectivity index (χ4n) is 2.08. The molecule has 3 aromatic rings. The molecule has 0 atom stereocenters. The number of hydrogen-bond acceptors (Lipinski definition) is 2. The molecule has 0 bridgehead atoms. The maximum atomic E-state index is 13.1. The van der Waals surface area contributed by atoms with Crippen molar-refractivity contribution in [2.75, 3.05) is 0 Å². The molecule has 0 saturated carbocycles. The Kier molecular flexibility index (Phi) is 3.90. The zero-order valence-electron chi connectivity index (χ0n) is 10.9. The van der Waals surface area contributed by atoms with Crippen LogP contribution in [-0.4, -0.2) is 4.57 Å². The van der Waals surface area contributed by atoms with E-state index in [1.807, 2.05) is 17.5 Å². The second-order valence-corrected chi connectivity index (χ2v) is 5.95. The Hall–Kier alpha value is -1.91. The van der Waals surface area contributed by atoms with Gasteiger partial charge in [0.1, 0.15) is 5.82 Å². The fourth-order valence-corrected chi connectivity index (χ4v) is 3.02. The lowest BCUT2D eigenvalue weighted by atomic mass is 10.2. The third-order valence-electron chi connectivity index (χ3n) is 3.14. The van der Waals surface area contributed by atoms with E-state index < -0.39 is 0 Å². The first-order valence-electron chi connectivity index (χ1n) is 6.32. The number of nitrogens with zero attached hydrogens (tertiary/aromatic N) is 1. The molecule has 0 N–H and O–H groups in total. The van der Waals surface area contributed by atoms with Crippen LogP contribution < -0.4 is 5.56 Å². The average molecular weight is 320 g/mol. The predicted octanol–water partition coefficient (Wildman–Crippen LogP) is 4.42. The maximum Gasteiger partial charge on any atom is 0.250 e. The van der Waals surface area contributed by atoms with E-state index in [0.29, 0.717) is 17.1 Å². The number of aromatic nitrogens is 1. The second kappa shape index (κ2) is 5.84. The highest BCUT2D eigenvalue weighted by molar-refractivity contribution is 7.13. The smallest absolute Gasteiger partial charge is 0.250 e. The summed E-state index contributed by atoms with van der Waals surface area (Å²) in [5, 5.41) is 2.31. The predicted molar refractivity (Wildman–Crippen MR) is 84.5 cm³/mol. The summed E-state index contributed by atoms with van der Waals surface area (Å²) in [6.07, 6.45) is 1.80. The Labute approximate surface area is 130 Å². The summed E-state index contributed by atoms with van der Waals surface area (Å²) in [4.78, 5) is 13.1. The molecule has 3 rings (SSSR count). The van der Waals surface area contributed by atoms with Crippen molar-refractivity contribution >= 4 is 22.9 Å². The quantitative estimate of drug-likeness (QED) is 0.700. The van der Waals surface area contributed by atoms with Crippen LogP contribution in [0.3, 0.4) is 0 Å². The van der Waals surface area contributed by atoms with Gasteiger partial charge < -0.3 is 4.57 Å². The number of hydrogen-bond donors (Lipinski definition) is 0. The third kappa shape index (κ3) is 3.06. The molecule has 0 radical (unpaired) electrons. The molecular formula is C16H11ClFNOS. The zero-order chi connectivity index (χ0) is 14.8. The molecule has 2 heterocycles. The first-order chi connectivity index (χ1) is 10.1. The van der Waals surface area contributed by atoms with Crippen LogP contribution in [0, 0.1) is 5.82 Å². The van der Waals surface area contributed by atoms with Crippen molar-refractivity contribution in [2.24, 2.45) is 0 Å². The molecule has 21 heavy (non-hydrogen) atoms. The molecule has 5 heteroatoms. The molecule has 0 aliphatic heterocycles. The van der Waals surface area contributed by atoms with Crippen molar-refractivity contribution < 1.29 is 4.39 Å². The van der Waals surface area contributed by atoms with Gasteiger partial charge in [-0.3, -0.25) is 4.79 Å². The van der Waals surface area contributed by atoms with Crippen molar-refractivity contribution in [1.82, 2.24) is 4.57 Å². The van der Waals surface area contributed by atoms with E-state index in [1.54, 1.807) is 34.2 Å². The summed E-state index contributed by atoms with van der Waals surface area (Å²) < 4.78 is 14.6. The maximum absolute atomic E-state index is 13.1.